The van der Waals surface area contributed by atoms with Crippen LogP contribution in [0.2, 0.25) is 0 Å². The molecule has 4 aromatic heterocycles. The van der Waals surface area contributed by atoms with Gasteiger partial charge in [-0.05, 0) is 99.7 Å². The normalized spacial score (nSPS) is 19.4. The fourth-order valence-electron chi connectivity index (χ4n) is 8.88. The molecule has 0 radical (unpaired) electrons. The lowest BCUT2D eigenvalue weighted by Gasteiger charge is -2.35. The fraction of sp³-hybridized carbons (Fsp3) is 0.488. The second kappa shape index (κ2) is 17.3. The summed E-state index contributed by atoms with van der Waals surface area (Å²) in [5, 5.41) is 12.4. The van der Waals surface area contributed by atoms with Gasteiger partial charge >= 0.3 is 5.69 Å². The van der Waals surface area contributed by atoms with Crippen LogP contribution in [0.3, 0.4) is 0 Å². The number of anilines is 2. The third kappa shape index (κ3) is 8.75. The van der Waals surface area contributed by atoms with Crippen LogP contribution >= 0.6 is 0 Å². The number of oxazole rings is 1. The minimum absolute atomic E-state index is 0.0674. The van der Waals surface area contributed by atoms with Crippen LogP contribution in [0.1, 0.15) is 98.0 Å². The van der Waals surface area contributed by atoms with Gasteiger partial charge in [0.15, 0.2) is 11.4 Å². The predicted molar refractivity (Wildman–Crippen MR) is 222 cm³/mol. The van der Waals surface area contributed by atoms with E-state index in [2.05, 4.69) is 35.9 Å². The average Bonchev–Trinajstić information content (AvgIpc) is 3.68. The van der Waals surface area contributed by atoms with Gasteiger partial charge in [-0.2, -0.15) is 5.10 Å². The number of alkyl halides is 2. The van der Waals surface area contributed by atoms with Crippen molar-refractivity contribution in [2.45, 2.75) is 82.8 Å². The van der Waals surface area contributed by atoms with E-state index in [4.69, 9.17) is 4.42 Å². The molecule has 0 spiro atoms. The zero-order valence-corrected chi connectivity index (χ0v) is 34.4. The van der Waals surface area contributed by atoms with Gasteiger partial charge in [0, 0.05) is 64.0 Å². The number of carbonyl (C=O) groups excluding carboxylic acids is 4. The SMILES string of the molecule is Cn1c(=O)n(C2CCC(=O)NC2=O)c2ccc(CN3CCC(CC(=O)N4CCC(n5cc(NC(=O)c6coc(-c7ccnc(NCC8CC8)c7)n6)c(C(F)F)n5)CC4)CC3)cc21. The summed E-state index contributed by atoms with van der Waals surface area (Å²) in [6.07, 6.45) is 7.41. The number of nitrogens with one attached hydrogen (secondary N) is 3. The highest BCUT2D eigenvalue weighted by molar-refractivity contribution is 6.03. The lowest BCUT2D eigenvalue weighted by molar-refractivity contribution is -0.136. The standard InChI is InChI=1S/C43H49F2N11O6/c1-52-34-18-27(4-5-32(34)56(43(52)61)33-6-7-36(57)50-41(33)60)22-53-14-9-25(10-15-53)19-37(58)54-16-11-29(12-17-54)55-23-30(38(51-55)39(44)45)48-40(59)31-24-62-42(49-31)28-8-13-46-35(20-28)47-21-26-2-3-26/h4-5,8,13,18,20,23-26,29,33,39H,2-3,6-7,9-12,14-17,19,21-22H2,1H3,(H,46,47)(H,48,59)(H,50,57,60). The summed E-state index contributed by atoms with van der Waals surface area (Å²) < 4.78 is 38.4. The van der Waals surface area contributed by atoms with Crippen molar-refractivity contribution in [1.82, 2.24) is 44.0 Å². The van der Waals surface area contributed by atoms with Crippen LogP contribution in [0, 0.1) is 11.8 Å². The summed E-state index contributed by atoms with van der Waals surface area (Å²) in [5.74, 6) is 0.354. The summed E-state index contributed by atoms with van der Waals surface area (Å²) >= 11 is 0. The maximum atomic E-state index is 14.2. The molecule has 17 nitrogen and oxygen atoms in total. The molecular weight excluding hydrogens is 805 g/mol. The smallest absolute Gasteiger partial charge is 0.329 e. The molecule has 3 N–H and O–H groups in total. The van der Waals surface area contributed by atoms with Gasteiger partial charge in [-0.25, -0.2) is 23.5 Å². The van der Waals surface area contributed by atoms with Gasteiger partial charge in [0.05, 0.1) is 22.8 Å². The van der Waals surface area contributed by atoms with Gasteiger partial charge in [-0.3, -0.25) is 43.2 Å². The van der Waals surface area contributed by atoms with E-state index in [1.54, 1.807) is 29.9 Å². The number of piperidine rings is 3. The van der Waals surface area contributed by atoms with Crippen molar-refractivity contribution >= 4 is 46.2 Å². The van der Waals surface area contributed by atoms with E-state index in [-0.39, 0.29) is 59.6 Å². The molecule has 4 fully saturated rings. The fourth-order valence-corrected chi connectivity index (χ4v) is 8.88. The van der Waals surface area contributed by atoms with Crippen LogP contribution < -0.4 is 21.6 Å². The number of likely N-dealkylation sites (tertiary alicyclic amines) is 2. The number of rotatable bonds is 13. The number of fused-ring (bicyclic) bond motifs is 1. The Labute approximate surface area is 354 Å². The third-order valence-corrected chi connectivity index (χ3v) is 12.7. The van der Waals surface area contributed by atoms with Gasteiger partial charge in [0.1, 0.15) is 18.1 Å². The van der Waals surface area contributed by atoms with Crippen molar-refractivity contribution < 1.29 is 32.4 Å². The molecule has 62 heavy (non-hydrogen) atoms. The number of halogens is 2. The van der Waals surface area contributed by atoms with E-state index in [1.165, 1.54) is 34.6 Å². The lowest BCUT2D eigenvalue weighted by Crippen LogP contribution is -2.44. The van der Waals surface area contributed by atoms with Crippen molar-refractivity contribution in [1.29, 1.82) is 0 Å². The third-order valence-electron chi connectivity index (χ3n) is 12.7. The number of imide groups is 1. The van der Waals surface area contributed by atoms with Gasteiger partial charge < -0.3 is 20.0 Å². The second-order valence-corrected chi connectivity index (χ2v) is 17.0. The van der Waals surface area contributed by atoms with Crippen molar-refractivity contribution in [3.05, 3.63) is 76.4 Å². The van der Waals surface area contributed by atoms with Crippen molar-refractivity contribution in [3.8, 4) is 11.5 Å². The molecule has 3 saturated heterocycles. The number of imidazole rings is 1. The first kappa shape index (κ1) is 41.1. The minimum Gasteiger partial charge on any atom is -0.444 e. The van der Waals surface area contributed by atoms with E-state index < -0.39 is 30.0 Å². The number of hydrogen-bond donors (Lipinski definition) is 3. The van der Waals surface area contributed by atoms with Crippen molar-refractivity contribution in [2.24, 2.45) is 18.9 Å². The molecule has 4 aliphatic rings. The molecular formula is C43H49F2N11O6. The number of carbonyl (C=O) groups is 4. The first-order valence-corrected chi connectivity index (χ1v) is 21.4. The van der Waals surface area contributed by atoms with Gasteiger partial charge in [0.2, 0.25) is 23.6 Å². The monoisotopic (exact) mass is 853 g/mol. The molecule has 1 unspecified atom stereocenters. The van der Waals surface area contributed by atoms with Crippen molar-refractivity contribution in [3.63, 3.8) is 0 Å². The molecule has 5 aromatic rings. The van der Waals surface area contributed by atoms with E-state index in [0.717, 1.165) is 43.6 Å². The molecule has 9 rings (SSSR count). The average molecular weight is 854 g/mol. The summed E-state index contributed by atoms with van der Waals surface area (Å²) in [4.78, 5) is 76.8. The Kier molecular flexibility index (Phi) is 11.4. The Morgan fingerprint density at radius 2 is 1.74 bits per heavy atom. The number of aryl methyl sites for hydroxylation is 1. The summed E-state index contributed by atoms with van der Waals surface area (Å²) in [6.45, 7) is 4.09. The Bertz CT molecular complexity index is 2560. The van der Waals surface area contributed by atoms with Crippen LogP contribution in [-0.2, 0) is 28.0 Å². The van der Waals surface area contributed by atoms with E-state index >= 15 is 0 Å². The second-order valence-electron chi connectivity index (χ2n) is 17.0. The lowest BCUT2D eigenvalue weighted by atomic mass is 9.92. The molecule has 1 saturated carbocycles. The molecule has 4 amide bonds. The highest BCUT2D eigenvalue weighted by Gasteiger charge is 2.33. The number of amides is 4. The minimum atomic E-state index is -2.93. The van der Waals surface area contributed by atoms with Crippen molar-refractivity contribution in [2.75, 3.05) is 43.4 Å². The molecule has 1 atom stereocenters. The highest BCUT2D eigenvalue weighted by Crippen LogP contribution is 2.33. The molecule has 1 aromatic carbocycles. The Hall–Kier alpha value is -6.24. The van der Waals surface area contributed by atoms with Gasteiger partial charge in [0.25, 0.3) is 12.3 Å². The Morgan fingerprint density at radius 1 is 0.952 bits per heavy atom. The van der Waals surface area contributed by atoms with Crippen LogP contribution in [-0.4, -0.2) is 95.0 Å². The van der Waals surface area contributed by atoms with Crippen LogP contribution in [0.25, 0.3) is 22.5 Å². The van der Waals surface area contributed by atoms with Crippen LogP contribution in [0.15, 0.2) is 58.2 Å². The number of nitrogens with zero attached hydrogens (tertiary/aromatic N) is 8. The predicted octanol–water partition coefficient (Wildman–Crippen LogP) is 5.04. The quantitative estimate of drug-likeness (QED) is 0.134. The molecule has 3 aliphatic heterocycles. The topological polar surface area (TPSA) is 195 Å². The molecule has 326 valence electrons. The molecule has 1 aliphatic carbocycles. The van der Waals surface area contributed by atoms with Crippen LogP contribution in [0.5, 0.6) is 0 Å². The first-order valence-electron chi connectivity index (χ1n) is 21.4. The maximum Gasteiger partial charge on any atom is 0.329 e. The van der Waals surface area contributed by atoms with Crippen LogP contribution in [0.4, 0.5) is 20.3 Å². The Morgan fingerprint density at radius 3 is 2.48 bits per heavy atom. The zero-order chi connectivity index (χ0) is 43.1. The molecule has 7 heterocycles. The summed E-state index contributed by atoms with van der Waals surface area (Å²) in [6, 6.07) is 8.36. The largest absolute Gasteiger partial charge is 0.444 e. The number of pyridine rings is 1. The number of aromatic nitrogens is 6. The summed E-state index contributed by atoms with van der Waals surface area (Å²) in [5.41, 5.74) is 2.02. The van der Waals surface area contributed by atoms with E-state index in [1.807, 2.05) is 23.1 Å². The highest BCUT2D eigenvalue weighted by atomic mass is 19.3. The summed E-state index contributed by atoms with van der Waals surface area (Å²) in [7, 11) is 1.69. The van der Waals surface area contributed by atoms with Gasteiger partial charge in [-0.15, -0.1) is 0 Å². The molecule has 0 bridgehead atoms. The zero-order valence-electron chi connectivity index (χ0n) is 34.4. The van der Waals surface area contributed by atoms with Gasteiger partial charge in [-0.1, -0.05) is 6.07 Å². The Balaban J connectivity index is 0.748. The number of benzene rings is 1. The molecule has 19 heteroatoms. The maximum absolute atomic E-state index is 14.2. The van der Waals surface area contributed by atoms with E-state index in [9.17, 15) is 32.8 Å². The first-order chi connectivity index (χ1) is 30.0. The van der Waals surface area contributed by atoms with E-state index in [0.29, 0.717) is 61.7 Å². The number of hydrogen-bond acceptors (Lipinski definition) is 11.